The van der Waals surface area contributed by atoms with E-state index in [4.69, 9.17) is 4.98 Å². The van der Waals surface area contributed by atoms with E-state index in [1.165, 1.54) is 16.9 Å². The minimum Gasteiger partial charge on any atom is -0.352 e. The average molecular weight is 409 g/mol. The van der Waals surface area contributed by atoms with Crippen LogP contribution in [-0.4, -0.2) is 35.5 Å². The first kappa shape index (κ1) is 19.4. The van der Waals surface area contributed by atoms with Crippen LogP contribution in [0.2, 0.25) is 0 Å². The van der Waals surface area contributed by atoms with E-state index in [1.54, 1.807) is 6.08 Å². The lowest BCUT2D eigenvalue weighted by Gasteiger charge is -2.32. The highest BCUT2D eigenvalue weighted by atomic mass is 32.1. The highest BCUT2D eigenvalue weighted by Gasteiger charge is 2.27. The van der Waals surface area contributed by atoms with Gasteiger partial charge in [0.05, 0.1) is 11.4 Å². The third kappa shape index (κ3) is 3.96. The van der Waals surface area contributed by atoms with Gasteiger partial charge in [-0.05, 0) is 25.3 Å². The SMILES string of the molecule is C=CCNC(=O)C1CCCN(c2nc3c(-c4ccc(C)cc4)csc3c(=O)[nH]2)C1. The van der Waals surface area contributed by atoms with Crippen LogP contribution in [0.4, 0.5) is 5.95 Å². The number of aromatic nitrogens is 2. The Morgan fingerprint density at radius 2 is 2.21 bits per heavy atom. The Morgan fingerprint density at radius 3 is 2.97 bits per heavy atom. The highest BCUT2D eigenvalue weighted by Crippen LogP contribution is 2.32. The predicted octanol–water partition coefficient (Wildman–Crippen LogP) is 3.48. The summed E-state index contributed by atoms with van der Waals surface area (Å²) < 4.78 is 0.626. The van der Waals surface area contributed by atoms with Crippen molar-refractivity contribution in [1.29, 1.82) is 0 Å². The second kappa shape index (κ2) is 8.21. The van der Waals surface area contributed by atoms with E-state index in [0.717, 1.165) is 36.0 Å². The molecule has 6 nitrogen and oxygen atoms in total. The molecule has 2 N–H and O–H groups in total. The molecular formula is C22H24N4O2S. The van der Waals surface area contributed by atoms with Crippen LogP contribution in [0.5, 0.6) is 0 Å². The molecule has 150 valence electrons. The second-order valence-electron chi connectivity index (χ2n) is 7.40. The lowest BCUT2D eigenvalue weighted by atomic mass is 9.97. The number of fused-ring (bicyclic) bond motifs is 1. The maximum absolute atomic E-state index is 12.7. The van der Waals surface area contributed by atoms with Gasteiger partial charge in [0.25, 0.3) is 5.56 Å². The van der Waals surface area contributed by atoms with Crippen molar-refractivity contribution in [3.05, 3.63) is 58.2 Å². The molecule has 3 aromatic rings. The summed E-state index contributed by atoms with van der Waals surface area (Å²) in [5, 5.41) is 4.86. The average Bonchev–Trinajstić information content (AvgIpc) is 3.17. The zero-order valence-electron chi connectivity index (χ0n) is 16.4. The van der Waals surface area contributed by atoms with E-state index >= 15 is 0 Å². The minimum absolute atomic E-state index is 0.0221. The maximum atomic E-state index is 12.7. The number of nitrogens with one attached hydrogen (secondary N) is 2. The molecule has 0 bridgehead atoms. The molecule has 2 aromatic heterocycles. The molecule has 29 heavy (non-hydrogen) atoms. The van der Waals surface area contributed by atoms with Gasteiger partial charge < -0.3 is 10.2 Å². The van der Waals surface area contributed by atoms with E-state index < -0.39 is 0 Å². The van der Waals surface area contributed by atoms with E-state index in [-0.39, 0.29) is 17.4 Å². The van der Waals surface area contributed by atoms with Gasteiger partial charge in [0.15, 0.2) is 0 Å². The number of aromatic amines is 1. The van der Waals surface area contributed by atoms with Gasteiger partial charge >= 0.3 is 0 Å². The van der Waals surface area contributed by atoms with Crippen molar-refractivity contribution in [1.82, 2.24) is 15.3 Å². The number of hydrogen-bond acceptors (Lipinski definition) is 5. The molecule has 0 radical (unpaired) electrons. The summed E-state index contributed by atoms with van der Waals surface area (Å²) in [7, 11) is 0. The standard InChI is InChI=1S/C22H24N4O2S/c1-3-10-23-20(27)16-5-4-11-26(12-16)22-24-18-17(13-29-19(18)21(28)25-22)15-8-6-14(2)7-9-15/h3,6-9,13,16H,1,4-5,10-12H2,2H3,(H,23,27)(H,24,25,28). The van der Waals surface area contributed by atoms with Crippen LogP contribution in [0.1, 0.15) is 18.4 Å². The third-order valence-electron chi connectivity index (χ3n) is 5.29. The van der Waals surface area contributed by atoms with Gasteiger partial charge in [-0.3, -0.25) is 14.6 Å². The van der Waals surface area contributed by atoms with Crippen LogP contribution in [-0.2, 0) is 4.79 Å². The van der Waals surface area contributed by atoms with E-state index in [9.17, 15) is 9.59 Å². The second-order valence-corrected chi connectivity index (χ2v) is 8.28. The van der Waals surface area contributed by atoms with Crippen molar-refractivity contribution < 1.29 is 4.79 Å². The zero-order chi connectivity index (χ0) is 20.4. The number of amides is 1. The van der Waals surface area contributed by atoms with Crippen molar-refractivity contribution in [2.45, 2.75) is 19.8 Å². The molecule has 1 saturated heterocycles. The summed E-state index contributed by atoms with van der Waals surface area (Å²) in [5.74, 6) is 0.438. The maximum Gasteiger partial charge on any atom is 0.270 e. The molecule has 7 heteroatoms. The van der Waals surface area contributed by atoms with Crippen LogP contribution in [0.15, 0.2) is 47.1 Å². The molecule has 3 heterocycles. The normalized spacial score (nSPS) is 16.7. The lowest BCUT2D eigenvalue weighted by molar-refractivity contribution is -0.125. The third-order valence-corrected chi connectivity index (χ3v) is 6.26. The van der Waals surface area contributed by atoms with Crippen molar-refractivity contribution in [2.75, 3.05) is 24.5 Å². The topological polar surface area (TPSA) is 78.1 Å². The van der Waals surface area contributed by atoms with Gasteiger partial charge in [0.1, 0.15) is 4.70 Å². The number of H-pyrrole nitrogens is 1. The van der Waals surface area contributed by atoms with Gasteiger partial charge in [0, 0.05) is 30.6 Å². The summed E-state index contributed by atoms with van der Waals surface area (Å²) >= 11 is 1.41. The molecule has 4 rings (SSSR count). The fraction of sp³-hybridized carbons (Fsp3) is 0.318. The van der Waals surface area contributed by atoms with Crippen molar-refractivity contribution in [2.24, 2.45) is 5.92 Å². The van der Waals surface area contributed by atoms with Gasteiger partial charge in [-0.15, -0.1) is 17.9 Å². The summed E-state index contributed by atoms with van der Waals surface area (Å²) in [6.45, 7) is 7.46. The molecule has 1 fully saturated rings. The highest BCUT2D eigenvalue weighted by molar-refractivity contribution is 7.17. The van der Waals surface area contributed by atoms with Crippen LogP contribution < -0.4 is 15.8 Å². The minimum atomic E-state index is -0.133. The van der Waals surface area contributed by atoms with Crippen molar-refractivity contribution >= 4 is 33.4 Å². The number of thiophene rings is 1. The number of nitrogens with zero attached hydrogens (tertiary/aromatic N) is 2. The largest absolute Gasteiger partial charge is 0.352 e. The number of rotatable bonds is 5. The summed E-state index contributed by atoms with van der Waals surface area (Å²) in [6, 6.07) is 8.23. The van der Waals surface area contributed by atoms with E-state index in [0.29, 0.717) is 23.7 Å². The van der Waals surface area contributed by atoms with E-state index in [2.05, 4.69) is 48.1 Å². The molecular weight excluding hydrogens is 384 g/mol. The van der Waals surface area contributed by atoms with Gasteiger partial charge in [-0.2, -0.15) is 0 Å². The Hall–Kier alpha value is -2.93. The van der Waals surface area contributed by atoms with Crippen LogP contribution in [0.25, 0.3) is 21.3 Å². The number of benzene rings is 1. The summed E-state index contributed by atoms with van der Waals surface area (Å²) in [5.41, 5.74) is 3.79. The van der Waals surface area contributed by atoms with Gasteiger partial charge in [-0.25, -0.2) is 4.98 Å². The number of carbonyl (C=O) groups is 1. The Balaban J connectivity index is 1.66. The lowest BCUT2D eigenvalue weighted by Crippen LogP contribution is -2.44. The number of piperidine rings is 1. The van der Waals surface area contributed by atoms with Crippen molar-refractivity contribution in [3.8, 4) is 11.1 Å². The fourth-order valence-electron chi connectivity index (χ4n) is 3.70. The summed E-state index contributed by atoms with van der Waals surface area (Å²) in [6.07, 6.45) is 3.38. The number of anilines is 1. The first-order valence-corrected chi connectivity index (χ1v) is 10.7. The van der Waals surface area contributed by atoms with E-state index in [1.807, 2.05) is 10.3 Å². The van der Waals surface area contributed by atoms with Crippen molar-refractivity contribution in [3.63, 3.8) is 0 Å². The quantitative estimate of drug-likeness (QED) is 0.634. The smallest absolute Gasteiger partial charge is 0.270 e. The van der Waals surface area contributed by atoms with Crippen LogP contribution >= 0.6 is 11.3 Å². The number of aryl methyl sites for hydroxylation is 1. The predicted molar refractivity (Wildman–Crippen MR) is 119 cm³/mol. The Labute approximate surface area is 173 Å². The number of carbonyl (C=O) groups excluding carboxylic acids is 1. The van der Waals surface area contributed by atoms with Gasteiger partial charge in [0.2, 0.25) is 11.9 Å². The Morgan fingerprint density at radius 1 is 1.41 bits per heavy atom. The molecule has 1 aliphatic heterocycles. The monoisotopic (exact) mass is 408 g/mol. The zero-order valence-corrected chi connectivity index (χ0v) is 17.2. The molecule has 0 spiro atoms. The van der Waals surface area contributed by atoms with Crippen LogP contribution in [0, 0.1) is 12.8 Å². The Bertz CT molecular complexity index is 1100. The van der Waals surface area contributed by atoms with Gasteiger partial charge in [-0.1, -0.05) is 35.9 Å². The molecule has 1 aliphatic rings. The molecule has 1 unspecified atom stereocenters. The molecule has 1 amide bonds. The Kier molecular flexibility index (Phi) is 5.49. The molecule has 0 saturated carbocycles. The molecule has 0 aliphatic carbocycles. The first-order valence-electron chi connectivity index (χ1n) is 9.79. The number of hydrogen-bond donors (Lipinski definition) is 2. The fourth-order valence-corrected chi connectivity index (χ4v) is 4.61. The molecule has 1 aromatic carbocycles. The first-order chi connectivity index (χ1) is 14.1. The molecule has 1 atom stereocenters. The van der Waals surface area contributed by atoms with Crippen LogP contribution in [0.3, 0.4) is 0 Å². The summed E-state index contributed by atoms with van der Waals surface area (Å²) in [4.78, 5) is 34.8.